The van der Waals surface area contributed by atoms with Crippen LogP contribution in [-0.4, -0.2) is 18.3 Å². The van der Waals surface area contributed by atoms with Gasteiger partial charge in [-0.2, -0.15) is 4.57 Å². The summed E-state index contributed by atoms with van der Waals surface area (Å²) in [6.07, 6.45) is 17.6. The number of ketones is 1. The van der Waals surface area contributed by atoms with Gasteiger partial charge in [0, 0.05) is 11.3 Å². The molecule has 0 aliphatic carbocycles. The van der Waals surface area contributed by atoms with Crippen LogP contribution in [0.2, 0.25) is 0 Å². The number of carbonyl (C=O) groups is 2. The van der Waals surface area contributed by atoms with Crippen molar-refractivity contribution >= 4 is 28.7 Å². The van der Waals surface area contributed by atoms with E-state index in [1.807, 2.05) is 30.3 Å². The number of para-hydroxylation sites is 1. The second-order valence-corrected chi connectivity index (χ2v) is 11.8. The molecule has 0 radical (unpaired) electrons. The predicted octanol–water partition coefficient (Wildman–Crippen LogP) is 6.19. The third-order valence-corrected chi connectivity index (χ3v) is 8.44. The predicted molar refractivity (Wildman–Crippen MR) is 171 cm³/mol. The van der Waals surface area contributed by atoms with Crippen molar-refractivity contribution < 1.29 is 31.3 Å². The molecule has 230 valence electrons. The summed E-state index contributed by atoms with van der Waals surface area (Å²) in [7, 11) is 0. The van der Waals surface area contributed by atoms with Crippen LogP contribution in [0, 0.1) is 0 Å². The number of thiazole rings is 1. The number of amides is 1. The van der Waals surface area contributed by atoms with Crippen molar-refractivity contribution in [2.45, 2.75) is 111 Å². The SMILES string of the molecule is CCCCCCCCCCCCCCOc1c(CC(=O)Nc2cccc(-c3scc[n+]3CC)c2)cccc1C(C)=O.[Cl-]. The van der Waals surface area contributed by atoms with Gasteiger partial charge in [0.1, 0.15) is 12.3 Å². The van der Waals surface area contributed by atoms with Crippen LogP contribution in [0.1, 0.15) is 114 Å². The van der Waals surface area contributed by atoms with E-state index in [0.717, 1.165) is 41.2 Å². The number of carbonyl (C=O) groups excluding carboxylic acids is 2. The van der Waals surface area contributed by atoms with Gasteiger partial charge in [-0.05, 0) is 44.5 Å². The van der Waals surface area contributed by atoms with E-state index in [1.54, 1.807) is 24.3 Å². The zero-order chi connectivity index (χ0) is 29.3. The van der Waals surface area contributed by atoms with Crippen molar-refractivity contribution in [2.75, 3.05) is 11.9 Å². The second kappa shape index (κ2) is 20.2. The molecule has 0 unspecified atom stereocenters. The summed E-state index contributed by atoms with van der Waals surface area (Å²) < 4.78 is 8.36. The molecule has 1 amide bonds. The van der Waals surface area contributed by atoms with E-state index in [0.29, 0.717) is 17.9 Å². The van der Waals surface area contributed by atoms with E-state index in [1.165, 1.54) is 64.2 Å². The highest BCUT2D eigenvalue weighted by atomic mass is 35.5. The molecule has 42 heavy (non-hydrogen) atoms. The first kappa shape index (κ1) is 35.5. The number of nitrogens with zero attached hydrogens (tertiary/aromatic N) is 1. The van der Waals surface area contributed by atoms with Crippen molar-refractivity contribution in [1.82, 2.24) is 0 Å². The van der Waals surface area contributed by atoms with Gasteiger partial charge in [-0.3, -0.25) is 9.59 Å². The van der Waals surface area contributed by atoms with Crippen LogP contribution in [0.5, 0.6) is 5.75 Å². The molecule has 1 N–H and O–H groups in total. The minimum Gasteiger partial charge on any atom is -1.00 e. The molecule has 0 bridgehead atoms. The average molecular weight is 613 g/mol. The molecule has 0 aliphatic heterocycles. The number of Topliss-reactive ketones (excluding diaryl/α,β-unsaturated/α-hetero) is 1. The summed E-state index contributed by atoms with van der Waals surface area (Å²) in [5.41, 5.74) is 3.11. The second-order valence-electron chi connectivity index (χ2n) is 10.9. The zero-order valence-electron chi connectivity index (χ0n) is 25.8. The number of aromatic nitrogens is 1. The van der Waals surface area contributed by atoms with Gasteiger partial charge in [0.25, 0.3) is 5.01 Å². The number of halogens is 1. The van der Waals surface area contributed by atoms with Gasteiger partial charge >= 0.3 is 0 Å². The maximum absolute atomic E-state index is 13.1. The van der Waals surface area contributed by atoms with Gasteiger partial charge in [0.2, 0.25) is 5.91 Å². The van der Waals surface area contributed by atoms with Gasteiger partial charge in [-0.1, -0.05) is 107 Å². The highest BCUT2D eigenvalue weighted by Gasteiger charge is 2.17. The maximum Gasteiger partial charge on any atom is 0.269 e. The molecule has 0 saturated carbocycles. The van der Waals surface area contributed by atoms with E-state index in [4.69, 9.17) is 4.74 Å². The Kier molecular flexibility index (Phi) is 17.1. The first-order valence-electron chi connectivity index (χ1n) is 15.7. The number of unbranched alkanes of at least 4 members (excludes halogenated alkanes) is 11. The number of hydrogen-bond donors (Lipinski definition) is 1. The summed E-state index contributed by atoms with van der Waals surface area (Å²) in [5.74, 6) is 0.368. The first-order chi connectivity index (χ1) is 20.0. The molecule has 0 fully saturated rings. The normalized spacial score (nSPS) is 10.7. The minimum atomic E-state index is -0.132. The topological polar surface area (TPSA) is 59.3 Å². The van der Waals surface area contributed by atoms with E-state index in [2.05, 4.69) is 41.4 Å². The Morgan fingerprint density at radius 1 is 0.857 bits per heavy atom. The Labute approximate surface area is 263 Å². The molecule has 0 spiro atoms. The highest BCUT2D eigenvalue weighted by Crippen LogP contribution is 2.27. The van der Waals surface area contributed by atoms with Crippen LogP contribution in [0.4, 0.5) is 5.69 Å². The molecule has 2 aromatic carbocycles. The Bertz CT molecular complexity index is 1230. The Morgan fingerprint density at radius 3 is 2.14 bits per heavy atom. The lowest BCUT2D eigenvalue weighted by atomic mass is 10.0. The quantitative estimate of drug-likeness (QED) is 0.0940. The number of rotatable bonds is 20. The molecule has 3 rings (SSSR count). The molecule has 0 aliphatic rings. The van der Waals surface area contributed by atoms with E-state index in [-0.39, 0.29) is 30.5 Å². The molecule has 1 heterocycles. The molecule has 3 aromatic rings. The molecule has 0 saturated heterocycles. The van der Waals surface area contributed by atoms with Crippen molar-refractivity contribution in [3.05, 3.63) is 65.2 Å². The fourth-order valence-corrected chi connectivity index (χ4v) is 6.11. The number of hydrogen-bond acceptors (Lipinski definition) is 4. The average Bonchev–Trinajstić information content (AvgIpc) is 3.45. The van der Waals surface area contributed by atoms with Crippen LogP contribution in [0.3, 0.4) is 0 Å². The zero-order valence-corrected chi connectivity index (χ0v) is 27.3. The first-order valence-corrected chi connectivity index (χ1v) is 16.5. The minimum absolute atomic E-state index is 0. The number of benzene rings is 2. The van der Waals surface area contributed by atoms with E-state index < -0.39 is 0 Å². The van der Waals surface area contributed by atoms with Crippen LogP contribution in [-0.2, 0) is 17.8 Å². The fraction of sp³-hybridized carbons (Fsp3) is 0.514. The standard InChI is InChI=1S/C35H48N2O3S.ClH/c1-4-6-7-8-9-10-11-12-13-14-15-16-24-40-34-29(19-18-22-32(34)28(3)38)27-33(39)36-31-21-17-20-30(26-31)35-37(5-2)23-25-41-35;/h17-23,25-26H,4-16,24,27H2,1-3H3;1H. The van der Waals surface area contributed by atoms with E-state index >= 15 is 0 Å². The number of anilines is 1. The monoisotopic (exact) mass is 612 g/mol. The summed E-state index contributed by atoms with van der Waals surface area (Å²) in [4.78, 5) is 25.4. The molecule has 5 nitrogen and oxygen atoms in total. The maximum atomic E-state index is 13.1. The largest absolute Gasteiger partial charge is 1.00 e. The van der Waals surface area contributed by atoms with Crippen molar-refractivity contribution in [3.63, 3.8) is 0 Å². The summed E-state index contributed by atoms with van der Waals surface area (Å²) in [6, 6.07) is 13.4. The van der Waals surface area contributed by atoms with Crippen molar-refractivity contribution in [1.29, 1.82) is 0 Å². The summed E-state index contributed by atoms with van der Waals surface area (Å²) in [6.45, 7) is 7.38. The van der Waals surface area contributed by atoms with Gasteiger partial charge in [-0.15, -0.1) is 0 Å². The van der Waals surface area contributed by atoms with Gasteiger partial charge in [0.15, 0.2) is 12.0 Å². The van der Waals surface area contributed by atoms with Crippen LogP contribution >= 0.6 is 11.3 Å². The van der Waals surface area contributed by atoms with Gasteiger partial charge < -0.3 is 22.5 Å². The number of nitrogens with one attached hydrogen (secondary N) is 1. The van der Waals surface area contributed by atoms with E-state index in [9.17, 15) is 9.59 Å². The lowest BCUT2D eigenvalue weighted by Crippen LogP contribution is -3.00. The Morgan fingerprint density at radius 2 is 1.50 bits per heavy atom. The van der Waals surface area contributed by atoms with Crippen molar-refractivity contribution in [3.8, 4) is 16.3 Å². The van der Waals surface area contributed by atoms with Gasteiger partial charge in [-0.25, -0.2) is 0 Å². The lowest BCUT2D eigenvalue weighted by Gasteiger charge is -2.15. The van der Waals surface area contributed by atoms with Crippen molar-refractivity contribution in [2.24, 2.45) is 0 Å². The molecule has 1 aromatic heterocycles. The third-order valence-electron chi connectivity index (χ3n) is 7.49. The van der Waals surface area contributed by atoms with Crippen LogP contribution < -0.4 is 27.0 Å². The summed E-state index contributed by atoms with van der Waals surface area (Å²) in [5, 5.41) is 6.27. The number of aryl methyl sites for hydroxylation is 1. The molecule has 0 atom stereocenters. The lowest BCUT2D eigenvalue weighted by molar-refractivity contribution is -0.678. The van der Waals surface area contributed by atoms with Crippen LogP contribution in [0.15, 0.2) is 54.0 Å². The Balaban J connectivity index is 0.00000616. The summed E-state index contributed by atoms with van der Waals surface area (Å²) >= 11 is 1.68. The molecular weight excluding hydrogens is 564 g/mol. The third kappa shape index (κ3) is 11.9. The van der Waals surface area contributed by atoms with Gasteiger partial charge in [0.05, 0.1) is 29.5 Å². The smallest absolute Gasteiger partial charge is 0.269 e. The Hall–Kier alpha value is -2.70. The number of ether oxygens (including phenoxy) is 1. The van der Waals surface area contributed by atoms with Crippen LogP contribution in [0.25, 0.3) is 10.6 Å². The highest BCUT2D eigenvalue weighted by molar-refractivity contribution is 7.12. The molecule has 7 heteroatoms. The fourth-order valence-electron chi connectivity index (χ4n) is 5.18. The molecular formula is C35H49ClN2O3S.